The van der Waals surface area contributed by atoms with E-state index in [1.807, 2.05) is 13.8 Å². The quantitative estimate of drug-likeness (QED) is 0.233. The highest BCUT2D eigenvalue weighted by Crippen LogP contribution is 2.59. The number of aliphatic hydroxyl groups is 2. The molecule has 0 heterocycles. The number of nitrogens with zero attached hydrogens (tertiary/aromatic N) is 1. The van der Waals surface area contributed by atoms with E-state index in [0.29, 0.717) is 25.8 Å². The maximum absolute atomic E-state index is 14.2. The van der Waals surface area contributed by atoms with Gasteiger partial charge < -0.3 is 20.4 Å². The zero-order valence-corrected chi connectivity index (χ0v) is 26.9. The van der Waals surface area contributed by atoms with Crippen molar-refractivity contribution in [1.82, 2.24) is 10.2 Å². The first-order valence-electron chi connectivity index (χ1n) is 16.8. The highest BCUT2D eigenvalue weighted by atomic mass is 16.3. The Kier molecular flexibility index (Phi) is 11.0. The van der Waals surface area contributed by atoms with Gasteiger partial charge in [0.1, 0.15) is 0 Å². The summed E-state index contributed by atoms with van der Waals surface area (Å²) in [5.41, 5.74) is 2.52. The predicted molar refractivity (Wildman–Crippen MR) is 170 cm³/mol. The molecule has 1 aromatic rings. The molecule has 42 heavy (non-hydrogen) atoms. The summed E-state index contributed by atoms with van der Waals surface area (Å²) in [6.45, 7) is 11.2. The molecule has 4 aliphatic rings. The van der Waals surface area contributed by atoms with Gasteiger partial charge >= 0.3 is 6.03 Å². The van der Waals surface area contributed by atoms with Crippen molar-refractivity contribution in [2.75, 3.05) is 13.1 Å². The number of benzene rings is 1. The molecule has 6 nitrogen and oxygen atoms in total. The lowest BCUT2D eigenvalue weighted by Crippen LogP contribution is -2.56. The molecule has 0 radical (unpaired) electrons. The monoisotopic (exact) mass is 580 g/mol. The number of Topliss-reactive ketones (excluding diaryl/α,β-unsaturated/α-hetero) is 1. The molecule has 2 saturated carbocycles. The molecule has 0 saturated heterocycles. The van der Waals surface area contributed by atoms with E-state index in [4.69, 9.17) is 0 Å². The van der Waals surface area contributed by atoms with Gasteiger partial charge in [0, 0.05) is 29.5 Å². The Morgan fingerprint density at radius 3 is 2.52 bits per heavy atom. The lowest BCUT2D eigenvalue weighted by molar-refractivity contribution is -0.0770. The number of amides is 2. The first-order chi connectivity index (χ1) is 20.0. The molecule has 4 aliphatic carbocycles. The van der Waals surface area contributed by atoms with Gasteiger partial charge in [0.05, 0.1) is 18.2 Å². The summed E-state index contributed by atoms with van der Waals surface area (Å²) in [7, 11) is 0. The Morgan fingerprint density at radius 1 is 1.10 bits per heavy atom. The molecule has 6 heteroatoms. The number of ketones is 1. The van der Waals surface area contributed by atoms with Gasteiger partial charge in [0.15, 0.2) is 5.78 Å². The van der Waals surface area contributed by atoms with E-state index in [9.17, 15) is 19.8 Å². The summed E-state index contributed by atoms with van der Waals surface area (Å²) in [6, 6.07) is 6.20. The van der Waals surface area contributed by atoms with Crippen molar-refractivity contribution >= 4 is 11.8 Å². The van der Waals surface area contributed by atoms with Crippen LogP contribution in [0.15, 0.2) is 29.8 Å². The number of aliphatic hydroxyl groups excluding tert-OH is 1. The zero-order valence-electron chi connectivity index (χ0n) is 26.9. The topological polar surface area (TPSA) is 89.9 Å². The first kappa shape index (κ1) is 32.7. The number of hydrogen-bond acceptors (Lipinski definition) is 4. The molecular formula is C36H56N2O4. The van der Waals surface area contributed by atoms with Crippen molar-refractivity contribution in [3.63, 3.8) is 0 Å². The molecular weight excluding hydrogens is 524 g/mol. The Hall–Kier alpha value is -2.18. The van der Waals surface area contributed by atoms with Gasteiger partial charge in [-0.1, -0.05) is 56.9 Å². The van der Waals surface area contributed by atoms with Gasteiger partial charge in [-0.15, -0.1) is 0 Å². The Balaban J connectivity index is 1.78. The van der Waals surface area contributed by atoms with E-state index < -0.39 is 17.1 Å². The van der Waals surface area contributed by atoms with Crippen LogP contribution in [0.2, 0.25) is 0 Å². The summed E-state index contributed by atoms with van der Waals surface area (Å²) < 4.78 is 0. The zero-order chi connectivity index (χ0) is 30.5. The van der Waals surface area contributed by atoms with Crippen LogP contribution in [0.1, 0.15) is 139 Å². The van der Waals surface area contributed by atoms with Crippen molar-refractivity contribution < 1.29 is 19.8 Å². The van der Waals surface area contributed by atoms with Gasteiger partial charge in [-0.05, 0) is 108 Å². The molecule has 4 atom stereocenters. The standard InChI is InChI=1S/C36H56N2O4/c1-6-21-38(34(41)37-25(2)3)24-36(42)20-18-32-30-17-15-27(23-31(30)33(40)28-12-8-7-9-13-28)22-29(39)16-14-26(4)11-10-19-35(32,36)5/h11,15,17,23,25,28-29,32,39,42H,6-10,12-14,16,18-22,24H2,1-5H3,(H,37,41)/t29-,32-,35-,36+/m0/s1. The molecule has 1 aromatic carbocycles. The van der Waals surface area contributed by atoms with E-state index in [0.717, 1.165) is 74.5 Å². The molecule has 3 N–H and O–H groups in total. The summed E-state index contributed by atoms with van der Waals surface area (Å²) in [4.78, 5) is 29.2. The van der Waals surface area contributed by atoms with Crippen LogP contribution in [-0.4, -0.2) is 57.8 Å². The predicted octanol–water partition coefficient (Wildman–Crippen LogP) is 7.32. The number of allylic oxidation sites excluding steroid dienone is 2. The summed E-state index contributed by atoms with van der Waals surface area (Å²) in [5.74, 6) is 0.288. The maximum atomic E-state index is 14.2. The summed E-state index contributed by atoms with van der Waals surface area (Å²) >= 11 is 0. The third kappa shape index (κ3) is 7.30. The third-order valence-electron chi connectivity index (χ3n) is 10.6. The van der Waals surface area contributed by atoms with E-state index >= 15 is 0 Å². The van der Waals surface area contributed by atoms with Gasteiger partial charge in [-0.3, -0.25) is 4.79 Å². The fraction of sp³-hybridized carbons (Fsp3) is 0.722. The lowest BCUT2D eigenvalue weighted by Gasteiger charge is -2.46. The second-order valence-corrected chi connectivity index (χ2v) is 14.2. The SMILES string of the molecule is CCCN(C[C@]1(O)CC[C@H]2c3ccc(cc3C(=O)C3CCCCC3)C[C@@H](O)CCC(C)=CCC[C@@]21C)C(=O)NC(C)C. The minimum Gasteiger partial charge on any atom is -0.393 e. The number of nitrogens with one attached hydrogen (secondary N) is 1. The van der Waals surface area contributed by atoms with Crippen molar-refractivity contribution in [3.8, 4) is 0 Å². The van der Waals surface area contributed by atoms with Gasteiger partial charge in [-0.2, -0.15) is 0 Å². The largest absolute Gasteiger partial charge is 0.393 e. The lowest BCUT2D eigenvalue weighted by atomic mass is 9.64. The van der Waals surface area contributed by atoms with Gasteiger partial charge in [0.25, 0.3) is 0 Å². The van der Waals surface area contributed by atoms with Crippen LogP contribution >= 0.6 is 0 Å². The second-order valence-electron chi connectivity index (χ2n) is 14.2. The molecule has 0 aromatic heterocycles. The molecule has 0 aliphatic heterocycles. The second kappa shape index (κ2) is 14.1. The van der Waals surface area contributed by atoms with E-state index in [-0.39, 0.29) is 36.2 Å². The smallest absolute Gasteiger partial charge is 0.317 e. The number of hydrogen-bond donors (Lipinski definition) is 3. The number of rotatable bonds is 7. The van der Waals surface area contributed by atoms with Crippen LogP contribution < -0.4 is 5.32 Å². The fourth-order valence-electron chi connectivity index (χ4n) is 7.97. The number of urea groups is 1. The molecule has 2 fully saturated rings. The van der Waals surface area contributed by atoms with Crippen LogP contribution in [0.25, 0.3) is 0 Å². The Labute approximate surface area is 254 Å². The van der Waals surface area contributed by atoms with Gasteiger partial charge in [-0.25, -0.2) is 4.79 Å². The minimum absolute atomic E-state index is 0.00250. The van der Waals surface area contributed by atoms with Crippen LogP contribution in [0, 0.1) is 11.3 Å². The Morgan fingerprint density at radius 2 is 1.83 bits per heavy atom. The molecule has 234 valence electrons. The van der Waals surface area contributed by atoms with E-state index in [1.54, 1.807) is 4.90 Å². The maximum Gasteiger partial charge on any atom is 0.317 e. The van der Waals surface area contributed by atoms with Crippen molar-refractivity contribution in [2.45, 2.75) is 142 Å². The molecule has 0 unspecified atom stereocenters. The summed E-state index contributed by atoms with van der Waals surface area (Å²) in [5, 5.41) is 26.5. The number of fused-ring (bicyclic) bond motifs is 8. The third-order valence-corrected chi connectivity index (χ3v) is 10.6. The minimum atomic E-state index is -1.08. The Bertz CT molecular complexity index is 1120. The van der Waals surface area contributed by atoms with Crippen LogP contribution in [0.4, 0.5) is 4.79 Å². The molecule has 2 bridgehead atoms. The van der Waals surface area contributed by atoms with Crippen molar-refractivity contribution in [1.29, 1.82) is 0 Å². The molecule has 5 rings (SSSR count). The average molecular weight is 581 g/mol. The first-order valence-corrected chi connectivity index (χ1v) is 16.8. The highest BCUT2D eigenvalue weighted by molar-refractivity contribution is 5.99. The van der Waals surface area contributed by atoms with E-state index in [1.165, 1.54) is 12.0 Å². The van der Waals surface area contributed by atoms with Crippen molar-refractivity contribution in [2.24, 2.45) is 11.3 Å². The number of carbonyl (C=O) groups excluding carboxylic acids is 2. The number of carbonyl (C=O) groups is 2. The van der Waals surface area contributed by atoms with Crippen LogP contribution in [-0.2, 0) is 6.42 Å². The fourth-order valence-corrected chi connectivity index (χ4v) is 7.97. The molecule has 0 spiro atoms. The van der Waals surface area contributed by atoms with E-state index in [2.05, 4.69) is 50.4 Å². The molecule has 2 amide bonds. The van der Waals surface area contributed by atoms with Crippen molar-refractivity contribution in [3.05, 3.63) is 46.5 Å². The highest BCUT2D eigenvalue weighted by Gasteiger charge is 2.57. The van der Waals surface area contributed by atoms with Crippen LogP contribution in [0.3, 0.4) is 0 Å². The average Bonchev–Trinajstić information content (AvgIpc) is 3.20. The normalized spacial score (nSPS) is 29.1. The van der Waals surface area contributed by atoms with Gasteiger partial charge in [0.2, 0.25) is 0 Å². The summed E-state index contributed by atoms with van der Waals surface area (Å²) in [6.07, 6.45) is 12.9. The van der Waals surface area contributed by atoms with Crippen LogP contribution in [0.5, 0.6) is 0 Å².